The Morgan fingerprint density at radius 3 is 2.61 bits per heavy atom. The molecule has 18 heavy (non-hydrogen) atoms. The van der Waals surface area contributed by atoms with Crippen LogP contribution in [0.4, 0.5) is 11.4 Å². The van der Waals surface area contributed by atoms with Gasteiger partial charge in [-0.25, -0.2) is 0 Å². The van der Waals surface area contributed by atoms with Gasteiger partial charge in [0.25, 0.3) is 0 Å². The number of carbonyl (C=O) groups excluding carboxylic acids is 1. The van der Waals surface area contributed by atoms with E-state index in [1.165, 1.54) is 5.69 Å². The predicted molar refractivity (Wildman–Crippen MR) is 74.3 cm³/mol. The number of aryl methyl sites for hydroxylation is 1. The fourth-order valence-corrected chi connectivity index (χ4v) is 2.54. The first-order chi connectivity index (χ1) is 8.56. The highest BCUT2D eigenvalue weighted by Gasteiger charge is 2.20. The highest BCUT2D eigenvalue weighted by molar-refractivity contribution is 5.74. The van der Waals surface area contributed by atoms with Crippen LogP contribution in [0.1, 0.15) is 24.8 Å². The standard InChI is InChI=1S/C14H21N3O/c1-10-8-12(2-3-13(10)15)17-6-4-11(5-7-17)9-14(16)18/h2-3,8,11H,4-7,9,15H2,1H3,(H2,16,18). The Labute approximate surface area is 108 Å². The largest absolute Gasteiger partial charge is 0.399 e. The Kier molecular flexibility index (Phi) is 3.75. The van der Waals surface area contributed by atoms with E-state index in [9.17, 15) is 4.79 Å². The molecule has 0 aliphatic carbocycles. The molecule has 1 aliphatic heterocycles. The Balaban J connectivity index is 1.96. The zero-order valence-corrected chi connectivity index (χ0v) is 10.9. The average molecular weight is 247 g/mol. The second-order valence-electron chi connectivity index (χ2n) is 5.14. The summed E-state index contributed by atoms with van der Waals surface area (Å²) in [5, 5.41) is 0. The smallest absolute Gasteiger partial charge is 0.217 e. The lowest BCUT2D eigenvalue weighted by molar-refractivity contribution is -0.119. The molecule has 1 aromatic carbocycles. The Hall–Kier alpha value is -1.71. The van der Waals surface area contributed by atoms with Crippen LogP contribution >= 0.6 is 0 Å². The van der Waals surface area contributed by atoms with Crippen molar-refractivity contribution in [3.63, 3.8) is 0 Å². The van der Waals surface area contributed by atoms with Crippen LogP contribution in [-0.4, -0.2) is 19.0 Å². The molecule has 1 saturated heterocycles. The minimum atomic E-state index is -0.184. The maximum atomic E-state index is 10.9. The Morgan fingerprint density at radius 2 is 2.06 bits per heavy atom. The lowest BCUT2D eigenvalue weighted by atomic mass is 9.93. The van der Waals surface area contributed by atoms with Gasteiger partial charge in [-0.3, -0.25) is 4.79 Å². The molecule has 0 atom stereocenters. The summed E-state index contributed by atoms with van der Waals surface area (Å²) in [6.45, 7) is 4.00. The fourth-order valence-electron chi connectivity index (χ4n) is 2.54. The SMILES string of the molecule is Cc1cc(N2CCC(CC(N)=O)CC2)ccc1N. The molecule has 0 saturated carbocycles. The highest BCUT2D eigenvalue weighted by atomic mass is 16.1. The van der Waals surface area contributed by atoms with Gasteiger partial charge in [-0.05, 0) is 49.4 Å². The third-order valence-corrected chi connectivity index (χ3v) is 3.72. The molecule has 0 spiro atoms. The van der Waals surface area contributed by atoms with Gasteiger partial charge < -0.3 is 16.4 Å². The molecule has 1 fully saturated rings. The van der Waals surface area contributed by atoms with Crippen LogP contribution in [0, 0.1) is 12.8 Å². The highest BCUT2D eigenvalue weighted by Crippen LogP contribution is 2.27. The topological polar surface area (TPSA) is 72.3 Å². The van der Waals surface area contributed by atoms with Crippen LogP contribution in [0.25, 0.3) is 0 Å². The van der Waals surface area contributed by atoms with Gasteiger partial charge in [-0.1, -0.05) is 0 Å². The second-order valence-corrected chi connectivity index (χ2v) is 5.14. The Bertz CT molecular complexity index is 437. The summed E-state index contributed by atoms with van der Waals surface area (Å²) in [6, 6.07) is 6.15. The van der Waals surface area contributed by atoms with Gasteiger partial charge in [0.1, 0.15) is 0 Å². The van der Waals surface area contributed by atoms with E-state index < -0.39 is 0 Å². The molecule has 0 radical (unpaired) electrons. The molecule has 1 aromatic rings. The van der Waals surface area contributed by atoms with Crippen LogP contribution in [0.2, 0.25) is 0 Å². The number of nitrogen functional groups attached to an aromatic ring is 1. The van der Waals surface area contributed by atoms with Crippen LogP contribution in [0.3, 0.4) is 0 Å². The monoisotopic (exact) mass is 247 g/mol. The number of nitrogens with zero attached hydrogens (tertiary/aromatic N) is 1. The van der Waals surface area contributed by atoms with E-state index in [0.29, 0.717) is 12.3 Å². The van der Waals surface area contributed by atoms with Crippen molar-refractivity contribution in [3.8, 4) is 0 Å². The van der Waals surface area contributed by atoms with Gasteiger partial charge in [0.05, 0.1) is 0 Å². The molecule has 1 aliphatic rings. The summed E-state index contributed by atoms with van der Waals surface area (Å²) >= 11 is 0. The minimum absolute atomic E-state index is 0.184. The molecule has 4 heteroatoms. The van der Waals surface area contributed by atoms with Gasteiger partial charge in [0.2, 0.25) is 5.91 Å². The summed E-state index contributed by atoms with van der Waals surface area (Å²) in [6.07, 6.45) is 2.59. The van der Waals surface area contributed by atoms with Crippen molar-refractivity contribution in [3.05, 3.63) is 23.8 Å². The number of hydrogen-bond acceptors (Lipinski definition) is 3. The summed E-state index contributed by atoms with van der Waals surface area (Å²) in [5.74, 6) is 0.269. The third kappa shape index (κ3) is 2.94. The molecule has 0 bridgehead atoms. The van der Waals surface area contributed by atoms with Gasteiger partial charge in [0, 0.05) is 30.9 Å². The zero-order valence-electron chi connectivity index (χ0n) is 10.9. The van der Waals surface area contributed by atoms with Crippen LogP contribution in [0.15, 0.2) is 18.2 Å². The fraction of sp³-hybridized carbons (Fsp3) is 0.500. The predicted octanol–water partition coefficient (Wildman–Crippen LogP) is 1.67. The van der Waals surface area contributed by atoms with Crippen LogP contribution in [0.5, 0.6) is 0 Å². The molecular formula is C14H21N3O. The molecule has 4 nitrogen and oxygen atoms in total. The molecule has 4 N–H and O–H groups in total. The minimum Gasteiger partial charge on any atom is -0.399 e. The lowest BCUT2D eigenvalue weighted by Gasteiger charge is -2.33. The zero-order chi connectivity index (χ0) is 13.1. The van der Waals surface area contributed by atoms with E-state index >= 15 is 0 Å². The number of piperidine rings is 1. The van der Waals surface area contributed by atoms with E-state index in [2.05, 4.69) is 17.0 Å². The van der Waals surface area contributed by atoms with Gasteiger partial charge in [-0.15, -0.1) is 0 Å². The van der Waals surface area contributed by atoms with Crippen molar-refractivity contribution >= 4 is 17.3 Å². The van der Waals surface area contributed by atoms with E-state index in [0.717, 1.165) is 37.2 Å². The molecule has 0 aromatic heterocycles. The van der Waals surface area contributed by atoms with Crippen molar-refractivity contribution in [2.24, 2.45) is 11.7 Å². The van der Waals surface area contributed by atoms with Gasteiger partial charge >= 0.3 is 0 Å². The number of benzene rings is 1. The summed E-state index contributed by atoms with van der Waals surface area (Å²) < 4.78 is 0. The molecule has 98 valence electrons. The van der Waals surface area contributed by atoms with Crippen molar-refractivity contribution in [1.82, 2.24) is 0 Å². The van der Waals surface area contributed by atoms with Crippen LogP contribution < -0.4 is 16.4 Å². The maximum Gasteiger partial charge on any atom is 0.217 e. The third-order valence-electron chi connectivity index (χ3n) is 3.72. The number of carbonyl (C=O) groups is 1. The quantitative estimate of drug-likeness (QED) is 0.798. The lowest BCUT2D eigenvalue weighted by Crippen LogP contribution is -2.35. The normalized spacial score (nSPS) is 16.8. The van der Waals surface area contributed by atoms with E-state index in [-0.39, 0.29) is 5.91 Å². The molecule has 0 unspecified atom stereocenters. The molecule has 1 amide bonds. The van der Waals surface area contributed by atoms with E-state index in [1.807, 2.05) is 13.0 Å². The van der Waals surface area contributed by atoms with Gasteiger partial charge in [-0.2, -0.15) is 0 Å². The Morgan fingerprint density at radius 1 is 1.39 bits per heavy atom. The van der Waals surface area contributed by atoms with Crippen molar-refractivity contribution in [2.45, 2.75) is 26.2 Å². The summed E-state index contributed by atoms with van der Waals surface area (Å²) in [5.41, 5.74) is 14.2. The second kappa shape index (κ2) is 5.29. The number of rotatable bonds is 3. The van der Waals surface area contributed by atoms with Crippen molar-refractivity contribution < 1.29 is 4.79 Å². The van der Waals surface area contributed by atoms with Crippen molar-refractivity contribution in [2.75, 3.05) is 23.7 Å². The number of hydrogen-bond donors (Lipinski definition) is 2. The van der Waals surface area contributed by atoms with E-state index in [1.54, 1.807) is 0 Å². The number of amides is 1. The van der Waals surface area contributed by atoms with Crippen molar-refractivity contribution in [1.29, 1.82) is 0 Å². The molecule has 2 rings (SSSR count). The molecular weight excluding hydrogens is 226 g/mol. The first kappa shape index (κ1) is 12.7. The number of anilines is 2. The maximum absolute atomic E-state index is 10.9. The first-order valence-electron chi connectivity index (χ1n) is 6.45. The average Bonchev–Trinajstić information content (AvgIpc) is 2.33. The van der Waals surface area contributed by atoms with E-state index in [4.69, 9.17) is 11.5 Å². The van der Waals surface area contributed by atoms with Gasteiger partial charge in [0.15, 0.2) is 0 Å². The summed E-state index contributed by atoms with van der Waals surface area (Å²) in [4.78, 5) is 13.2. The first-order valence-corrected chi connectivity index (χ1v) is 6.45. The number of nitrogens with two attached hydrogens (primary N) is 2. The number of primary amides is 1. The van der Waals surface area contributed by atoms with Crippen LogP contribution in [-0.2, 0) is 4.79 Å². The molecule has 1 heterocycles. The summed E-state index contributed by atoms with van der Waals surface area (Å²) in [7, 11) is 0.